The summed E-state index contributed by atoms with van der Waals surface area (Å²) in [5.74, 6) is 0.477. The molecule has 0 atom stereocenters. The van der Waals surface area contributed by atoms with E-state index in [2.05, 4.69) is 0 Å². The summed E-state index contributed by atoms with van der Waals surface area (Å²) >= 11 is 0.830. The monoisotopic (exact) mass is 420 g/mol. The van der Waals surface area contributed by atoms with E-state index in [1.165, 1.54) is 0 Å². The number of ether oxygens (including phenoxy) is 3. The molecule has 0 radical (unpaired) electrons. The minimum atomic E-state index is -0.464. The summed E-state index contributed by atoms with van der Waals surface area (Å²) in [5.41, 5.74) is 0.710. The number of hydrogen-bond acceptors (Lipinski definition) is 7. The van der Waals surface area contributed by atoms with Crippen LogP contribution >= 0.6 is 11.8 Å². The van der Waals surface area contributed by atoms with Crippen molar-refractivity contribution in [3.8, 4) is 11.5 Å². The van der Waals surface area contributed by atoms with Gasteiger partial charge in [-0.25, -0.2) is 0 Å². The van der Waals surface area contributed by atoms with Crippen LogP contribution in [-0.2, 0) is 14.3 Å². The van der Waals surface area contributed by atoms with Crippen molar-refractivity contribution in [2.75, 3.05) is 46.1 Å². The van der Waals surface area contributed by atoms with E-state index in [-0.39, 0.29) is 17.4 Å². The Balaban J connectivity index is 1.73. The molecule has 3 amide bonds. The molecule has 2 aliphatic heterocycles. The Kier molecular flexibility index (Phi) is 7.16. The van der Waals surface area contributed by atoms with Crippen molar-refractivity contribution in [2.24, 2.45) is 0 Å². The number of nitrogens with zero attached hydrogens (tertiary/aromatic N) is 2. The van der Waals surface area contributed by atoms with Gasteiger partial charge in [0.15, 0.2) is 11.5 Å². The van der Waals surface area contributed by atoms with E-state index >= 15 is 0 Å². The van der Waals surface area contributed by atoms with Gasteiger partial charge in [-0.15, -0.1) is 0 Å². The highest BCUT2D eigenvalue weighted by molar-refractivity contribution is 8.18. The lowest BCUT2D eigenvalue weighted by atomic mass is 10.2. The Morgan fingerprint density at radius 2 is 1.83 bits per heavy atom. The highest BCUT2D eigenvalue weighted by Crippen LogP contribution is 2.34. The number of rotatable bonds is 7. The molecular formula is C20H24N2O6S. The molecule has 2 aliphatic rings. The zero-order chi connectivity index (χ0) is 20.8. The van der Waals surface area contributed by atoms with Gasteiger partial charge in [-0.2, -0.15) is 0 Å². The van der Waals surface area contributed by atoms with Crippen LogP contribution in [-0.4, -0.2) is 72.9 Å². The number of benzene rings is 1. The second-order valence-corrected chi connectivity index (χ2v) is 7.33. The van der Waals surface area contributed by atoms with Gasteiger partial charge in [0.1, 0.15) is 6.54 Å². The summed E-state index contributed by atoms with van der Waals surface area (Å²) in [6.45, 7) is 6.36. The maximum Gasteiger partial charge on any atom is 0.294 e. The van der Waals surface area contributed by atoms with Crippen LogP contribution in [0.4, 0.5) is 4.79 Å². The first-order chi connectivity index (χ1) is 14.0. The van der Waals surface area contributed by atoms with Crippen molar-refractivity contribution in [3.63, 3.8) is 0 Å². The average Bonchev–Trinajstić information content (AvgIpc) is 2.98. The van der Waals surface area contributed by atoms with Gasteiger partial charge in [0.2, 0.25) is 5.91 Å². The van der Waals surface area contributed by atoms with E-state index in [1.54, 1.807) is 29.2 Å². The van der Waals surface area contributed by atoms with E-state index in [0.717, 1.165) is 16.7 Å². The molecule has 0 aliphatic carbocycles. The fourth-order valence-electron chi connectivity index (χ4n) is 2.99. The summed E-state index contributed by atoms with van der Waals surface area (Å²) in [4.78, 5) is 40.2. The maximum absolute atomic E-state index is 12.7. The zero-order valence-electron chi connectivity index (χ0n) is 16.5. The van der Waals surface area contributed by atoms with Gasteiger partial charge < -0.3 is 19.1 Å². The van der Waals surface area contributed by atoms with E-state index < -0.39 is 11.1 Å². The van der Waals surface area contributed by atoms with Crippen LogP contribution in [0.2, 0.25) is 0 Å². The molecule has 2 saturated heterocycles. The van der Waals surface area contributed by atoms with Gasteiger partial charge in [-0.3, -0.25) is 19.3 Å². The highest BCUT2D eigenvalue weighted by Gasteiger charge is 2.37. The Morgan fingerprint density at radius 1 is 1.14 bits per heavy atom. The zero-order valence-corrected chi connectivity index (χ0v) is 17.3. The van der Waals surface area contributed by atoms with Gasteiger partial charge in [0.05, 0.1) is 31.3 Å². The molecule has 2 heterocycles. The lowest BCUT2D eigenvalue weighted by Gasteiger charge is -2.28. The fraction of sp³-hybridized carbons (Fsp3) is 0.450. The second-order valence-electron chi connectivity index (χ2n) is 6.33. The topological polar surface area (TPSA) is 85.4 Å². The molecule has 0 bridgehead atoms. The van der Waals surface area contributed by atoms with Gasteiger partial charge in [0, 0.05) is 13.1 Å². The minimum Gasteiger partial charge on any atom is -0.490 e. The molecule has 3 rings (SSSR count). The molecule has 0 N–H and O–H groups in total. The van der Waals surface area contributed by atoms with Crippen molar-refractivity contribution in [1.82, 2.24) is 9.80 Å². The normalized spacial score (nSPS) is 18.5. The molecule has 0 spiro atoms. The smallest absolute Gasteiger partial charge is 0.294 e. The van der Waals surface area contributed by atoms with Crippen LogP contribution in [0.15, 0.2) is 23.1 Å². The number of imide groups is 1. The molecule has 0 saturated carbocycles. The first-order valence-electron chi connectivity index (χ1n) is 9.54. The molecule has 9 heteroatoms. The third-order valence-corrected chi connectivity index (χ3v) is 5.30. The highest BCUT2D eigenvalue weighted by atomic mass is 32.2. The molecule has 1 aromatic carbocycles. The Bertz CT molecular complexity index is 819. The Hall–Kier alpha value is -2.52. The second kappa shape index (κ2) is 9.80. The number of thioether (sulfide) groups is 1. The SMILES string of the molecule is CCOc1ccc(/C=C2\SC(=O)N(CC(=O)N3CCOCC3)C2=O)cc1OCC. The van der Waals surface area contributed by atoms with Crippen molar-refractivity contribution in [1.29, 1.82) is 0 Å². The predicted molar refractivity (Wildman–Crippen MR) is 109 cm³/mol. The molecule has 1 aromatic rings. The van der Waals surface area contributed by atoms with Crippen LogP contribution in [0.3, 0.4) is 0 Å². The van der Waals surface area contributed by atoms with Crippen molar-refractivity contribution in [2.45, 2.75) is 13.8 Å². The molecule has 0 aromatic heterocycles. The lowest BCUT2D eigenvalue weighted by molar-refractivity contribution is -0.139. The largest absolute Gasteiger partial charge is 0.490 e. The van der Waals surface area contributed by atoms with Crippen molar-refractivity contribution < 1.29 is 28.6 Å². The number of amides is 3. The molecule has 8 nitrogen and oxygen atoms in total. The van der Waals surface area contributed by atoms with E-state index in [9.17, 15) is 14.4 Å². The van der Waals surface area contributed by atoms with Crippen molar-refractivity contribution >= 4 is 34.9 Å². The molecular weight excluding hydrogens is 396 g/mol. The number of hydrogen-bond donors (Lipinski definition) is 0. The van der Waals surface area contributed by atoms with Gasteiger partial charge in [0.25, 0.3) is 11.1 Å². The lowest BCUT2D eigenvalue weighted by Crippen LogP contribution is -2.46. The van der Waals surface area contributed by atoms with Gasteiger partial charge in [-0.05, 0) is 49.4 Å². The predicted octanol–water partition coefficient (Wildman–Crippen LogP) is 2.38. The van der Waals surface area contributed by atoms with Crippen LogP contribution in [0, 0.1) is 0 Å². The van der Waals surface area contributed by atoms with Crippen LogP contribution in [0.25, 0.3) is 6.08 Å². The van der Waals surface area contributed by atoms with Gasteiger partial charge in [-0.1, -0.05) is 6.07 Å². The molecule has 2 fully saturated rings. The summed E-state index contributed by atoms with van der Waals surface area (Å²) in [7, 11) is 0. The van der Waals surface area contributed by atoms with Crippen LogP contribution in [0.1, 0.15) is 19.4 Å². The number of carbonyl (C=O) groups excluding carboxylic acids is 3. The first kappa shape index (κ1) is 21.2. The third kappa shape index (κ3) is 5.10. The Labute approximate surface area is 173 Å². The molecule has 0 unspecified atom stereocenters. The van der Waals surface area contributed by atoms with Gasteiger partial charge >= 0.3 is 0 Å². The minimum absolute atomic E-state index is 0.253. The quantitative estimate of drug-likeness (QED) is 0.626. The van der Waals surface area contributed by atoms with E-state index in [0.29, 0.717) is 56.6 Å². The number of morpholine rings is 1. The van der Waals surface area contributed by atoms with E-state index in [1.807, 2.05) is 13.8 Å². The summed E-state index contributed by atoms with van der Waals surface area (Å²) in [6.07, 6.45) is 1.63. The number of carbonyl (C=O) groups is 3. The standard InChI is InChI=1S/C20H24N2O6S/c1-3-27-15-6-5-14(11-16(15)28-4-2)12-17-19(24)22(20(25)29-17)13-18(23)21-7-9-26-10-8-21/h5-6,11-12H,3-4,7-10,13H2,1-2H3/b17-12-. The first-order valence-corrected chi connectivity index (χ1v) is 10.4. The summed E-state index contributed by atoms with van der Waals surface area (Å²) < 4.78 is 16.4. The Morgan fingerprint density at radius 3 is 2.52 bits per heavy atom. The van der Waals surface area contributed by atoms with Crippen LogP contribution in [0.5, 0.6) is 11.5 Å². The molecule has 156 valence electrons. The van der Waals surface area contributed by atoms with Crippen molar-refractivity contribution in [3.05, 3.63) is 28.7 Å². The van der Waals surface area contributed by atoms with E-state index in [4.69, 9.17) is 14.2 Å². The third-order valence-electron chi connectivity index (χ3n) is 4.40. The van der Waals surface area contributed by atoms with Crippen LogP contribution < -0.4 is 9.47 Å². The molecule has 29 heavy (non-hydrogen) atoms. The summed E-state index contributed by atoms with van der Waals surface area (Å²) in [5, 5.41) is -0.446. The summed E-state index contributed by atoms with van der Waals surface area (Å²) in [6, 6.07) is 5.33. The maximum atomic E-state index is 12.7. The average molecular weight is 420 g/mol. The fourth-order valence-corrected chi connectivity index (χ4v) is 3.83.